The summed E-state index contributed by atoms with van der Waals surface area (Å²) in [5, 5.41) is 5.05. The Labute approximate surface area is 185 Å². The minimum Gasteiger partial charge on any atom is -0.382 e. The van der Waals surface area contributed by atoms with E-state index in [4.69, 9.17) is 22.3 Å². The van der Waals surface area contributed by atoms with Crippen molar-refractivity contribution in [3.63, 3.8) is 0 Å². The maximum absolute atomic E-state index is 6.31. The highest BCUT2D eigenvalue weighted by atomic mass is 35.5. The van der Waals surface area contributed by atoms with Crippen LogP contribution < -0.4 is 11.1 Å². The van der Waals surface area contributed by atoms with Crippen molar-refractivity contribution in [1.82, 2.24) is 24.8 Å². The highest BCUT2D eigenvalue weighted by Crippen LogP contribution is 2.38. The predicted octanol–water partition coefficient (Wildman–Crippen LogP) is 4.94. The van der Waals surface area contributed by atoms with Crippen LogP contribution in [0.5, 0.6) is 0 Å². The molecule has 4 rings (SSSR count). The molecule has 0 aliphatic heterocycles. The van der Waals surface area contributed by atoms with Crippen molar-refractivity contribution in [2.24, 2.45) is 0 Å². The van der Waals surface area contributed by atoms with Gasteiger partial charge in [0.15, 0.2) is 22.1 Å². The van der Waals surface area contributed by atoms with Gasteiger partial charge in [-0.1, -0.05) is 55.4 Å². The number of fused-ring (bicyclic) bond motifs is 1. The summed E-state index contributed by atoms with van der Waals surface area (Å²) < 4.78 is 2.14. The quantitative estimate of drug-likeness (QED) is 0.482. The lowest BCUT2D eigenvalue weighted by Crippen LogP contribution is -2.24. The molecule has 1 aliphatic rings. The number of nitrogens with zero attached hydrogens (tertiary/aromatic N) is 4. The first-order valence-electron chi connectivity index (χ1n) is 10.1. The van der Waals surface area contributed by atoms with Gasteiger partial charge in [0.25, 0.3) is 0 Å². The van der Waals surface area contributed by atoms with E-state index in [1.165, 1.54) is 11.9 Å². The molecule has 6 nitrogen and oxygen atoms in total. The molecule has 0 spiro atoms. The second-order valence-electron chi connectivity index (χ2n) is 7.51. The van der Waals surface area contributed by atoms with Crippen molar-refractivity contribution in [2.75, 3.05) is 12.3 Å². The first kappa shape index (κ1) is 20.9. The lowest BCUT2D eigenvalue weighted by atomic mass is 10.1. The zero-order chi connectivity index (χ0) is 21.1. The molecule has 2 heterocycles. The summed E-state index contributed by atoms with van der Waals surface area (Å²) in [7, 11) is 0. The van der Waals surface area contributed by atoms with E-state index in [-0.39, 0.29) is 0 Å². The molecule has 156 valence electrons. The van der Waals surface area contributed by atoms with Gasteiger partial charge in [0, 0.05) is 22.5 Å². The molecule has 0 bridgehead atoms. The van der Waals surface area contributed by atoms with Crippen molar-refractivity contribution >= 4 is 45.9 Å². The fraction of sp³-hybridized carbons (Fsp3) is 0.318. The largest absolute Gasteiger partial charge is 0.382 e. The smallest absolute Gasteiger partial charge is 0.175 e. The van der Waals surface area contributed by atoms with Crippen LogP contribution in [0.2, 0.25) is 5.02 Å². The Morgan fingerprint density at radius 3 is 2.93 bits per heavy atom. The van der Waals surface area contributed by atoms with Gasteiger partial charge in [-0.15, -0.1) is 0 Å². The number of halogens is 1. The molecule has 30 heavy (non-hydrogen) atoms. The van der Waals surface area contributed by atoms with Crippen LogP contribution in [-0.2, 0) is 6.54 Å². The van der Waals surface area contributed by atoms with E-state index in [0.717, 1.165) is 52.2 Å². The van der Waals surface area contributed by atoms with E-state index in [1.54, 1.807) is 11.8 Å². The SMILES string of the molecule is CC(C)NCCCn1c(Sc2ccc(Cl)cc2C2=CC=CC2)nc2c(N)ncnc21. The fourth-order valence-electron chi connectivity index (χ4n) is 3.43. The molecular formula is C22H25ClN6S. The molecule has 0 fully saturated rings. The second kappa shape index (κ2) is 9.20. The lowest BCUT2D eigenvalue weighted by molar-refractivity contribution is 0.525. The van der Waals surface area contributed by atoms with Crippen LogP contribution in [0.25, 0.3) is 16.7 Å². The zero-order valence-electron chi connectivity index (χ0n) is 17.1. The van der Waals surface area contributed by atoms with Crippen LogP contribution >= 0.6 is 23.4 Å². The summed E-state index contributed by atoms with van der Waals surface area (Å²) in [5.74, 6) is 0.403. The lowest BCUT2D eigenvalue weighted by Gasteiger charge is -2.13. The predicted molar refractivity (Wildman–Crippen MR) is 125 cm³/mol. The summed E-state index contributed by atoms with van der Waals surface area (Å²) in [6, 6.07) is 6.46. The van der Waals surface area contributed by atoms with Crippen LogP contribution in [0.1, 0.15) is 32.3 Å². The van der Waals surface area contributed by atoms with E-state index in [1.807, 2.05) is 12.1 Å². The van der Waals surface area contributed by atoms with Gasteiger partial charge in [0.05, 0.1) is 0 Å². The molecule has 8 heteroatoms. The van der Waals surface area contributed by atoms with E-state index in [2.05, 4.69) is 58.0 Å². The van der Waals surface area contributed by atoms with Gasteiger partial charge in [-0.3, -0.25) is 0 Å². The molecule has 3 aromatic rings. The van der Waals surface area contributed by atoms with Crippen molar-refractivity contribution < 1.29 is 0 Å². The number of nitrogens with one attached hydrogen (secondary N) is 1. The number of aryl methyl sites for hydroxylation is 1. The number of allylic oxidation sites excluding steroid dienone is 4. The van der Waals surface area contributed by atoms with Gasteiger partial charge in [-0.05, 0) is 48.7 Å². The Bertz CT molecular complexity index is 1120. The highest BCUT2D eigenvalue weighted by Gasteiger charge is 2.18. The summed E-state index contributed by atoms with van der Waals surface area (Å²) in [4.78, 5) is 14.5. The molecule has 0 unspecified atom stereocenters. The van der Waals surface area contributed by atoms with Crippen LogP contribution in [0.15, 0.2) is 52.8 Å². The number of nitrogen functional groups attached to an aromatic ring is 1. The zero-order valence-corrected chi connectivity index (χ0v) is 18.7. The Morgan fingerprint density at radius 1 is 1.30 bits per heavy atom. The molecule has 0 atom stereocenters. The average Bonchev–Trinajstić information content (AvgIpc) is 3.36. The van der Waals surface area contributed by atoms with Crippen LogP contribution in [-0.4, -0.2) is 32.1 Å². The van der Waals surface area contributed by atoms with Gasteiger partial charge >= 0.3 is 0 Å². The maximum Gasteiger partial charge on any atom is 0.175 e. The minimum atomic E-state index is 0.403. The number of imidazole rings is 1. The molecule has 3 N–H and O–H groups in total. The first-order valence-corrected chi connectivity index (χ1v) is 11.3. The number of hydrogen-bond acceptors (Lipinski definition) is 6. The fourth-order valence-corrected chi connectivity index (χ4v) is 4.66. The van der Waals surface area contributed by atoms with E-state index >= 15 is 0 Å². The number of anilines is 1. The molecule has 0 radical (unpaired) electrons. The van der Waals surface area contributed by atoms with E-state index in [0.29, 0.717) is 17.4 Å². The Hall–Kier alpha value is -2.35. The summed E-state index contributed by atoms with van der Waals surface area (Å²) in [5.41, 5.74) is 9.90. The van der Waals surface area contributed by atoms with E-state index in [9.17, 15) is 0 Å². The highest BCUT2D eigenvalue weighted by molar-refractivity contribution is 7.99. The van der Waals surface area contributed by atoms with Crippen molar-refractivity contribution in [3.8, 4) is 0 Å². The van der Waals surface area contributed by atoms with Crippen LogP contribution in [0, 0.1) is 0 Å². The normalized spacial score (nSPS) is 13.5. The van der Waals surface area contributed by atoms with Crippen molar-refractivity contribution in [3.05, 3.63) is 53.3 Å². The maximum atomic E-state index is 6.31. The molecule has 0 amide bonds. The van der Waals surface area contributed by atoms with Gasteiger partial charge in [-0.2, -0.15) is 0 Å². The summed E-state index contributed by atoms with van der Waals surface area (Å²) >= 11 is 7.92. The molecule has 2 aromatic heterocycles. The molecule has 1 aromatic carbocycles. The Kier molecular flexibility index (Phi) is 6.41. The minimum absolute atomic E-state index is 0.403. The van der Waals surface area contributed by atoms with Gasteiger partial charge in [0.2, 0.25) is 0 Å². The Morgan fingerprint density at radius 2 is 2.17 bits per heavy atom. The third-order valence-electron chi connectivity index (χ3n) is 4.90. The summed E-state index contributed by atoms with van der Waals surface area (Å²) in [6.45, 7) is 6.02. The number of benzene rings is 1. The monoisotopic (exact) mass is 440 g/mol. The Balaban J connectivity index is 1.69. The number of nitrogens with two attached hydrogens (primary N) is 1. The second-order valence-corrected chi connectivity index (χ2v) is 8.95. The summed E-state index contributed by atoms with van der Waals surface area (Å²) in [6.07, 6.45) is 9.74. The first-order chi connectivity index (χ1) is 14.5. The topological polar surface area (TPSA) is 81.7 Å². The molecule has 1 aliphatic carbocycles. The number of hydrogen-bond donors (Lipinski definition) is 2. The molecule has 0 saturated heterocycles. The average molecular weight is 441 g/mol. The van der Waals surface area contributed by atoms with Crippen molar-refractivity contribution in [2.45, 2.75) is 49.3 Å². The van der Waals surface area contributed by atoms with Gasteiger partial charge < -0.3 is 15.6 Å². The number of aromatic nitrogens is 4. The third-order valence-corrected chi connectivity index (χ3v) is 6.20. The standard InChI is InChI=1S/C22H25ClN6S/c1-14(2)25-10-5-11-29-21-19(20(24)26-13-27-21)28-22(29)30-18-9-8-16(23)12-17(18)15-6-3-4-7-15/h3-4,6,8-9,12-14,25H,5,7,10-11H2,1-2H3,(H2,24,26,27). The molecule has 0 saturated carbocycles. The van der Waals surface area contributed by atoms with Gasteiger partial charge in [0.1, 0.15) is 6.33 Å². The van der Waals surface area contributed by atoms with E-state index < -0.39 is 0 Å². The van der Waals surface area contributed by atoms with Gasteiger partial charge in [-0.25, -0.2) is 15.0 Å². The third kappa shape index (κ3) is 4.53. The number of rotatable bonds is 8. The van der Waals surface area contributed by atoms with Crippen molar-refractivity contribution in [1.29, 1.82) is 0 Å². The molecular weight excluding hydrogens is 416 g/mol. The van der Waals surface area contributed by atoms with Crippen LogP contribution in [0.3, 0.4) is 0 Å². The van der Waals surface area contributed by atoms with Crippen LogP contribution in [0.4, 0.5) is 5.82 Å².